The summed E-state index contributed by atoms with van der Waals surface area (Å²) in [6, 6.07) is 18.8. The fourth-order valence-corrected chi connectivity index (χ4v) is 3.06. The number of nitrogens with one attached hydrogen (secondary N) is 1. The molecule has 0 atom stereocenters. The van der Waals surface area contributed by atoms with E-state index in [1.54, 1.807) is 37.8 Å². The van der Waals surface area contributed by atoms with Gasteiger partial charge in [-0.05, 0) is 31.2 Å². The number of para-hydroxylation sites is 2. The molecule has 0 aliphatic carbocycles. The average molecular weight is 396 g/mol. The highest BCUT2D eigenvalue weighted by atomic mass is 16.5. The number of methoxy groups -OCH3 is 1. The number of hydrogen-bond donors (Lipinski definition) is 1. The Balaban J connectivity index is 1.77. The van der Waals surface area contributed by atoms with Crippen LogP contribution in [0.2, 0.25) is 0 Å². The molecular weight excluding hydrogens is 376 g/mol. The van der Waals surface area contributed by atoms with Gasteiger partial charge in [-0.3, -0.25) is 9.78 Å². The van der Waals surface area contributed by atoms with Crippen LogP contribution in [0.3, 0.4) is 0 Å². The molecule has 0 fully saturated rings. The number of ether oxygens (including phenoxy) is 1. The maximum absolute atomic E-state index is 13.1. The Bertz CT molecular complexity index is 1180. The van der Waals surface area contributed by atoms with E-state index in [1.807, 2.05) is 55.5 Å². The molecule has 0 radical (unpaired) electrons. The minimum absolute atomic E-state index is 0.318. The Labute approximate surface area is 174 Å². The molecule has 6 nitrogen and oxygen atoms in total. The van der Waals surface area contributed by atoms with Crippen LogP contribution in [0.15, 0.2) is 79.3 Å². The van der Waals surface area contributed by atoms with Gasteiger partial charge in [0, 0.05) is 29.7 Å². The van der Waals surface area contributed by atoms with Crippen molar-refractivity contribution in [2.24, 2.45) is 0 Å². The monoisotopic (exact) mass is 396 g/mol. The summed E-state index contributed by atoms with van der Waals surface area (Å²) < 4.78 is 5.33. The van der Waals surface area contributed by atoms with Gasteiger partial charge in [-0.1, -0.05) is 42.0 Å². The first kappa shape index (κ1) is 19.3. The second kappa shape index (κ2) is 8.53. The van der Waals surface area contributed by atoms with Crippen LogP contribution >= 0.6 is 0 Å². The standard InChI is InChI=1S/C24H20N4O2/c1-16-7-9-18(10-8-16)23-26-15-19(22(28-23)17-11-13-25-14-12-17)24(29)27-20-5-3-4-6-21(20)30-2/h3-15H,1-2H3,(H,27,29). The molecule has 148 valence electrons. The van der Waals surface area contributed by atoms with Crippen LogP contribution < -0.4 is 10.1 Å². The van der Waals surface area contributed by atoms with Crippen LogP contribution in [0.4, 0.5) is 5.69 Å². The number of pyridine rings is 1. The van der Waals surface area contributed by atoms with Gasteiger partial charge in [-0.2, -0.15) is 0 Å². The third kappa shape index (κ3) is 4.03. The quantitative estimate of drug-likeness (QED) is 0.526. The summed E-state index contributed by atoms with van der Waals surface area (Å²) in [5, 5.41) is 2.90. The smallest absolute Gasteiger partial charge is 0.259 e. The fraction of sp³-hybridized carbons (Fsp3) is 0.0833. The number of anilines is 1. The van der Waals surface area contributed by atoms with E-state index in [4.69, 9.17) is 9.72 Å². The van der Waals surface area contributed by atoms with Crippen molar-refractivity contribution in [1.29, 1.82) is 0 Å². The van der Waals surface area contributed by atoms with E-state index in [2.05, 4.69) is 15.3 Å². The molecule has 0 saturated carbocycles. The van der Waals surface area contributed by atoms with Gasteiger partial charge in [0.15, 0.2) is 5.82 Å². The lowest BCUT2D eigenvalue weighted by Gasteiger charge is -2.13. The molecule has 0 bridgehead atoms. The molecule has 0 saturated heterocycles. The van der Waals surface area contributed by atoms with E-state index in [0.717, 1.165) is 16.7 Å². The van der Waals surface area contributed by atoms with Crippen molar-refractivity contribution in [3.8, 4) is 28.4 Å². The Hall–Kier alpha value is -4.06. The van der Waals surface area contributed by atoms with Crippen molar-refractivity contribution < 1.29 is 9.53 Å². The first-order valence-corrected chi connectivity index (χ1v) is 9.44. The van der Waals surface area contributed by atoms with Gasteiger partial charge < -0.3 is 10.1 Å². The number of aryl methyl sites for hydroxylation is 1. The van der Waals surface area contributed by atoms with Gasteiger partial charge in [0.2, 0.25) is 0 Å². The number of rotatable bonds is 5. The number of benzene rings is 2. The highest BCUT2D eigenvalue weighted by molar-refractivity contribution is 6.08. The molecule has 4 aromatic rings. The van der Waals surface area contributed by atoms with Gasteiger partial charge in [0.25, 0.3) is 5.91 Å². The molecule has 2 heterocycles. The molecule has 2 aromatic carbocycles. The van der Waals surface area contributed by atoms with Crippen LogP contribution in [0.25, 0.3) is 22.6 Å². The number of carbonyl (C=O) groups is 1. The largest absolute Gasteiger partial charge is 0.495 e. The fourth-order valence-electron chi connectivity index (χ4n) is 3.06. The summed E-state index contributed by atoms with van der Waals surface area (Å²) in [5.41, 5.74) is 4.30. The zero-order valence-corrected chi connectivity index (χ0v) is 16.7. The minimum Gasteiger partial charge on any atom is -0.495 e. The van der Waals surface area contributed by atoms with Gasteiger partial charge in [0.1, 0.15) is 5.75 Å². The number of carbonyl (C=O) groups excluding carboxylic acids is 1. The molecule has 1 N–H and O–H groups in total. The summed E-state index contributed by atoms with van der Waals surface area (Å²) in [7, 11) is 1.56. The summed E-state index contributed by atoms with van der Waals surface area (Å²) >= 11 is 0. The van der Waals surface area contributed by atoms with Crippen molar-refractivity contribution in [1.82, 2.24) is 15.0 Å². The van der Waals surface area contributed by atoms with Crippen LogP contribution in [0.1, 0.15) is 15.9 Å². The molecule has 0 unspecified atom stereocenters. The van der Waals surface area contributed by atoms with E-state index >= 15 is 0 Å². The van der Waals surface area contributed by atoms with Crippen molar-refractivity contribution >= 4 is 11.6 Å². The Morgan fingerprint density at radius 1 is 0.933 bits per heavy atom. The topological polar surface area (TPSA) is 77.0 Å². The molecule has 0 aliphatic rings. The lowest BCUT2D eigenvalue weighted by molar-refractivity contribution is 0.102. The Kier molecular flexibility index (Phi) is 5.48. The highest BCUT2D eigenvalue weighted by Gasteiger charge is 2.18. The van der Waals surface area contributed by atoms with E-state index in [9.17, 15) is 4.79 Å². The summed E-state index contributed by atoms with van der Waals surface area (Å²) in [5.74, 6) is 0.811. The van der Waals surface area contributed by atoms with Crippen LogP contribution in [0, 0.1) is 6.92 Å². The van der Waals surface area contributed by atoms with Gasteiger partial charge in [-0.25, -0.2) is 9.97 Å². The number of amides is 1. The van der Waals surface area contributed by atoms with E-state index in [0.29, 0.717) is 28.5 Å². The summed E-state index contributed by atoms with van der Waals surface area (Å²) in [6.07, 6.45) is 4.90. The van der Waals surface area contributed by atoms with Crippen LogP contribution in [-0.4, -0.2) is 28.0 Å². The van der Waals surface area contributed by atoms with Crippen molar-refractivity contribution in [3.05, 3.63) is 90.4 Å². The van der Waals surface area contributed by atoms with E-state index < -0.39 is 0 Å². The molecule has 30 heavy (non-hydrogen) atoms. The number of hydrogen-bond acceptors (Lipinski definition) is 5. The first-order valence-electron chi connectivity index (χ1n) is 9.44. The molecule has 0 aliphatic heterocycles. The molecule has 0 spiro atoms. The van der Waals surface area contributed by atoms with Crippen LogP contribution in [-0.2, 0) is 0 Å². The normalized spacial score (nSPS) is 10.5. The molecule has 2 aromatic heterocycles. The second-order valence-corrected chi connectivity index (χ2v) is 6.71. The Morgan fingerprint density at radius 3 is 2.40 bits per heavy atom. The lowest BCUT2D eigenvalue weighted by atomic mass is 10.1. The maximum Gasteiger partial charge on any atom is 0.259 e. The maximum atomic E-state index is 13.1. The van der Waals surface area contributed by atoms with E-state index in [-0.39, 0.29) is 5.91 Å². The van der Waals surface area contributed by atoms with Crippen molar-refractivity contribution in [3.63, 3.8) is 0 Å². The number of nitrogens with zero attached hydrogens (tertiary/aromatic N) is 3. The van der Waals surface area contributed by atoms with Crippen molar-refractivity contribution in [2.45, 2.75) is 6.92 Å². The average Bonchev–Trinajstić information content (AvgIpc) is 2.80. The highest BCUT2D eigenvalue weighted by Crippen LogP contribution is 2.27. The zero-order valence-electron chi connectivity index (χ0n) is 16.7. The molecule has 1 amide bonds. The molecular formula is C24H20N4O2. The SMILES string of the molecule is COc1ccccc1NC(=O)c1cnc(-c2ccc(C)cc2)nc1-c1ccncc1. The van der Waals surface area contributed by atoms with Crippen molar-refractivity contribution in [2.75, 3.05) is 12.4 Å². The summed E-state index contributed by atoms with van der Waals surface area (Å²) in [4.78, 5) is 26.3. The van der Waals surface area contributed by atoms with Crippen LogP contribution in [0.5, 0.6) is 5.75 Å². The Morgan fingerprint density at radius 2 is 1.67 bits per heavy atom. The predicted octanol–water partition coefficient (Wildman–Crippen LogP) is 4.77. The second-order valence-electron chi connectivity index (χ2n) is 6.71. The van der Waals surface area contributed by atoms with E-state index in [1.165, 1.54) is 0 Å². The first-order chi connectivity index (χ1) is 14.7. The predicted molar refractivity (Wildman–Crippen MR) is 116 cm³/mol. The molecule has 6 heteroatoms. The van der Waals surface area contributed by atoms with Gasteiger partial charge in [0.05, 0.1) is 24.1 Å². The summed E-state index contributed by atoms with van der Waals surface area (Å²) in [6.45, 7) is 2.03. The molecule has 4 rings (SSSR count). The van der Waals surface area contributed by atoms with Gasteiger partial charge >= 0.3 is 0 Å². The zero-order chi connectivity index (χ0) is 20.9. The third-order valence-electron chi connectivity index (χ3n) is 4.65. The lowest BCUT2D eigenvalue weighted by Crippen LogP contribution is -2.15. The number of aromatic nitrogens is 3. The minimum atomic E-state index is -0.318. The van der Waals surface area contributed by atoms with Gasteiger partial charge in [-0.15, -0.1) is 0 Å². The third-order valence-corrected chi connectivity index (χ3v) is 4.65.